The summed E-state index contributed by atoms with van der Waals surface area (Å²) in [5, 5.41) is 2.67. The third-order valence-corrected chi connectivity index (χ3v) is 4.11. The van der Waals surface area contributed by atoms with Crippen molar-refractivity contribution < 1.29 is 14.3 Å². The van der Waals surface area contributed by atoms with E-state index in [1.54, 1.807) is 24.3 Å². The maximum atomic E-state index is 12.0. The van der Waals surface area contributed by atoms with E-state index in [1.165, 1.54) is 5.56 Å². The summed E-state index contributed by atoms with van der Waals surface area (Å²) >= 11 is 10.9. The van der Waals surface area contributed by atoms with Crippen LogP contribution in [0.25, 0.3) is 0 Å². The topological polar surface area (TPSA) is 79.5 Å². The average Bonchev–Trinajstić information content (AvgIpc) is 2.65. The summed E-state index contributed by atoms with van der Waals surface area (Å²) in [6.45, 7) is 4.00. The monoisotopic (exact) mass is 405 g/mol. The van der Waals surface area contributed by atoms with Gasteiger partial charge in [0, 0.05) is 0 Å². The molecule has 6 nitrogen and oxygen atoms in total. The van der Waals surface area contributed by atoms with Crippen molar-refractivity contribution in [1.82, 2.24) is 16.2 Å². The van der Waals surface area contributed by atoms with E-state index in [4.69, 9.17) is 28.6 Å². The highest BCUT2D eigenvalue weighted by atomic mass is 35.5. The maximum absolute atomic E-state index is 12.0. The second-order valence-electron chi connectivity index (χ2n) is 5.95. The van der Waals surface area contributed by atoms with Gasteiger partial charge in [0.05, 0.1) is 10.6 Å². The molecule has 142 valence electrons. The Balaban J connectivity index is 1.74. The zero-order valence-electron chi connectivity index (χ0n) is 14.9. The molecular weight excluding hydrogens is 386 g/mol. The summed E-state index contributed by atoms with van der Waals surface area (Å²) in [5.74, 6) is 0.0869. The Bertz CT molecular complexity index is 825. The Hall–Kier alpha value is -2.64. The minimum absolute atomic E-state index is 0.0606. The maximum Gasteiger partial charge on any atom is 0.276 e. The molecule has 2 aromatic rings. The van der Waals surface area contributed by atoms with Gasteiger partial charge >= 0.3 is 0 Å². The molecule has 0 aliphatic rings. The van der Waals surface area contributed by atoms with Crippen molar-refractivity contribution in [1.29, 1.82) is 0 Å². The van der Waals surface area contributed by atoms with Gasteiger partial charge in [0.2, 0.25) is 0 Å². The van der Waals surface area contributed by atoms with Crippen LogP contribution in [0.1, 0.15) is 35.7 Å². The van der Waals surface area contributed by atoms with Gasteiger partial charge in [0.25, 0.3) is 11.8 Å². The highest BCUT2D eigenvalue weighted by Gasteiger charge is 2.11. The molecule has 8 heteroatoms. The first kappa shape index (κ1) is 20.7. The van der Waals surface area contributed by atoms with Gasteiger partial charge < -0.3 is 4.74 Å². The largest absolute Gasteiger partial charge is 0.484 e. The third-order valence-electron chi connectivity index (χ3n) is 3.58. The number of carbonyl (C=O) groups excluding carboxylic acids is 2. The van der Waals surface area contributed by atoms with Gasteiger partial charge in [-0.15, -0.1) is 0 Å². The first-order valence-electron chi connectivity index (χ1n) is 8.24. The smallest absolute Gasteiger partial charge is 0.276 e. The fraction of sp³-hybridized carbons (Fsp3) is 0.211. The van der Waals surface area contributed by atoms with Crippen LogP contribution in [-0.2, 0) is 4.79 Å². The summed E-state index contributed by atoms with van der Waals surface area (Å²) in [6.07, 6.45) is 0. The molecule has 2 rings (SSSR count). The number of hydrogen-bond acceptors (Lipinski definition) is 4. The number of hydrazine groups is 1. The number of halogens is 1. The van der Waals surface area contributed by atoms with Crippen LogP contribution in [-0.4, -0.2) is 23.5 Å². The van der Waals surface area contributed by atoms with E-state index in [2.05, 4.69) is 30.0 Å². The minimum Gasteiger partial charge on any atom is -0.484 e. The lowest BCUT2D eigenvalue weighted by atomic mass is 10.0. The Morgan fingerprint density at radius 3 is 2.37 bits per heavy atom. The summed E-state index contributed by atoms with van der Waals surface area (Å²) in [4.78, 5) is 23.9. The standard InChI is InChI=1S/C19H20ClN3O3S/c1-12(2)13-7-9-14(10-8-13)26-11-17(24)22-23-19(27)21-18(25)15-5-3-4-6-16(15)20/h3-10,12H,11H2,1-2H3,(H,22,24)(H2,21,23,25,27). The fourth-order valence-corrected chi connectivity index (χ4v) is 2.47. The second-order valence-corrected chi connectivity index (χ2v) is 6.76. The van der Waals surface area contributed by atoms with E-state index in [0.29, 0.717) is 16.7 Å². The number of thiocarbonyl (C=S) groups is 1. The van der Waals surface area contributed by atoms with Gasteiger partial charge in [-0.25, -0.2) is 0 Å². The van der Waals surface area contributed by atoms with Gasteiger partial charge in [-0.05, 0) is 48.0 Å². The average molecular weight is 406 g/mol. The molecule has 0 spiro atoms. The van der Waals surface area contributed by atoms with Crippen LogP contribution in [0, 0.1) is 0 Å². The molecule has 0 bridgehead atoms. The van der Waals surface area contributed by atoms with E-state index in [0.717, 1.165) is 0 Å². The molecule has 0 unspecified atom stereocenters. The first-order chi connectivity index (χ1) is 12.9. The predicted octanol–water partition coefficient (Wildman–Crippen LogP) is 3.18. The molecule has 2 amide bonds. The predicted molar refractivity (Wildman–Crippen MR) is 109 cm³/mol. The Kier molecular flexibility index (Phi) is 7.57. The van der Waals surface area contributed by atoms with Gasteiger partial charge in [-0.1, -0.05) is 49.7 Å². The number of ether oxygens (including phenoxy) is 1. The highest BCUT2D eigenvalue weighted by Crippen LogP contribution is 2.18. The Morgan fingerprint density at radius 2 is 1.74 bits per heavy atom. The van der Waals surface area contributed by atoms with Crippen LogP contribution in [0.15, 0.2) is 48.5 Å². The molecular formula is C19H20ClN3O3S. The van der Waals surface area contributed by atoms with E-state index in [1.807, 2.05) is 24.3 Å². The lowest BCUT2D eigenvalue weighted by Gasteiger charge is -2.12. The summed E-state index contributed by atoms with van der Waals surface area (Å²) in [6, 6.07) is 14.1. The van der Waals surface area contributed by atoms with Crippen molar-refractivity contribution in [2.45, 2.75) is 19.8 Å². The van der Waals surface area contributed by atoms with E-state index >= 15 is 0 Å². The van der Waals surface area contributed by atoms with Crippen LogP contribution in [0.5, 0.6) is 5.75 Å². The van der Waals surface area contributed by atoms with Crippen molar-refractivity contribution in [3.63, 3.8) is 0 Å². The highest BCUT2D eigenvalue weighted by molar-refractivity contribution is 7.80. The number of amides is 2. The molecule has 0 aliphatic carbocycles. The number of benzene rings is 2. The molecule has 27 heavy (non-hydrogen) atoms. The molecule has 2 aromatic carbocycles. The third kappa shape index (κ3) is 6.54. The molecule has 0 heterocycles. The molecule has 0 saturated carbocycles. The van der Waals surface area contributed by atoms with Gasteiger partial charge in [-0.3, -0.25) is 25.8 Å². The minimum atomic E-state index is -0.478. The number of rotatable bonds is 5. The Morgan fingerprint density at radius 1 is 1.07 bits per heavy atom. The molecule has 0 aromatic heterocycles. The zero-order valence-corrected chi connectivity index (χ0v) is 16.5. The van der Waals surface area contributed by atoms with Crippen molar-refractivity contribution >= 4 is 40.7 Å². The summed E-state index contributed by atoms with van der Waals surface area (Å²) in [5.41, 5.74) is 6.26. The van der Waals surface area contributed by atoms with Crippen LogP contribution in [0.3, 0.4) is 0 Å². The summed E-state index contributed by atoms with van der Waals surface area (Å²) in [7, 11) is 0. The second kappa shape index (κ2) is 9.89. The lowest BCUT2D eigenvalue weighted by Crippen LogP contribution is -2.49. The van der Waals surface area contributed by atoms with Crippen molar-refractivity contribution in [2.75, 3.05) is 6.61 Å². The number of hydrogen-bond donors (Lipinski definition) is 3. The zero-order chi connectivity index (χ0) is 19.8. The number of carbonyl (C=O) groups is 2. The van der Waals surface area contributed by atoms with E-state index < -0.39 is 11.8 Å². The van der Waals surface area contributed by atoms with E-state index in [-0.39, 0.29) is 17.3 Å². The quantitative estimate of drug-likeness (QED) is 0.526. The molecule has 0 radical (unpaired) electrons. The van der Waals surface area contributed by atoms with Gasteiger partial charge in [0.15, 0.2) is 11.7 Å². The molecule has 0 atom stereocenters. The molecule has 0 aliphatic heterocycles. The van der Waals surface area contributed by atoms with Gasteiger partial charge in [-0.2, -0.15) is 0 Å². The van der Waals surface area contributed by atoms with Crippen LogP contribution >= 0.6 is 23.8 Å². The summed E-state index contributed by atoms with van der Waals surface area (Å²) < 4.78 is 5.40. The van der Waals surface area contributed by atoms with Crippen LogP contribution < -0.4 is 20.9 Å². The van der Waals surface area contributed by atoms with E-state index in [9.17, 15) is 9.59 Å². The molecule has 3 N–H and O–H groups in total. The van der Waals surface area contributed by atoms with Crippen LogP contribution in [0.4, 0.5) is 0 Å². The lowest BCUT2D eigenvalue weighted by molar-refractivity contribution is -0.123. The van der Waals surface area contributed by atoms with Crippen LogP contribution in [0.2, 0.25) is 5.02 Å². The normalized spacial score (nSPS) is 10.2. The number of nitrogens with one attached hydrogen (secondary N) is 3. The van der Waals surface area contributed by atoms with Crippen molar-refractivity contribution in [2.24, 2.45) is 0 Å². The first-order valence-corrected chi connectivity index (χ1v) is 9.03. The van der Waals surface area contributed by atoms with Crippen molar-refractivity contribution in [3.05, 3.63) is 64.7 Å². The SMILES string of the molecule is CC(C)c1ccc(OCC(=O)NNC(=S)NC(=O)c2ccccc2Cl)cc1. The molecule has 0 fully saturated rings. The fourth-order valence-electron chi connectivity index (χ4n) is 2.11. The Labute approximate surface area is 168 Å². The van der Waals surface area contributed by atoms with Crippen molar-refractivity contribution in [3.8, 4) is 5.75 Å². The van der Waals surface area contributed by atoms with Gasteiger partial charge in [0.1, 0.15) is 5.75 Å². The molecule has 0 saturated heterocycles.